The summed E-state index contributed by atoms with van der Waals surface area (Å²) in [6.07, 6.45) is 0.209. The molecule has 0 aliphatic rings. The van der Waals surface area contributed by atoms with Gasteiger partial charge in [0.05, 0.1) is 12.0 Å². The molecule has 1 aromatic heterocycles. The average molecular weight is 432 g/mol. The number of anilines is 1. The first-order valence-electron chi connectivity index (χ1n) is 8.32. The Balaban J connectivity index is 0.00000364. The normalized spacial score (nSPS) is 13.5. The van der Waals surface area contributed by atoms with Gasteiger partial charge in [-0.15, -0.1) is 23.7 Å². The van der Waals surface area contributed by atoms with Crippen LogP contribution in [0.1, 0.15) is 26.3 Å². The molecule has 27 heavy (non-hydrogen) atoms. The van der Waals surface area contributed by atoms with E-state index in [2.05, 4.69) is 10.0 Å². The van der Waals surface area contributed by atoms with Crippen LogP contribution in [-0.4, -0.2) is 26.4 Å². The van der Waals surface area contributed by atoms with Crippen LogP contribution < -0.4 is 15.8 Å². The lowest BCUT2D eigenvalue weighted by atomic mass is 9.88. The Labute approximate surface area is 171 Å². The number of hydrogen-bond donors (Lipinski definition) is 3. The van der Waals surface area contributed by atoms with Gasteiger partial charge in [0.1, 0.15) is 4.21 Å². The Kier molecular flexibility index (Phi) is 8.28. The number of nitrogens with two attached hydrogens (primary N) is 1. The van der Waals surface area contributed by atoms with Crippen LogP contribution >= 0.6 is 23.7 Å². The third kappa shape index (κ3) is 6.21. The van der Waals surface area contributed by atoms with E-state index in [-0.39, 0.29) is 34.9 Å². The number of thiophene rings is 1. The topological polar surface area (TPSA) is 101 Å². The third-order valence-electron chi connectivity index (χ3n) is 4.45. The lowest BCUT2D eigenvalue weighted by molar-refractivity contribution is -0.122. The molecule has 0 radical (unpaired) electrons. The van der Waals surface area contributed by atoms with E-state index in [1.54, 1.807) is 41.8 Å². The van der Waals surface area contributed by atoms with Gasteiger partial charge in [0, 0.05) is 12.2 Å². The lowest BCUT2D eigenvalue weighted by Gasteiger charge is -2.33. The van der Waals surface area contributed by atoms with Crippen LogP contribution in [0.2, 0.25) is 0 Å². The monoisotopic (exact) mass is 431 g/mol. The molecule has 1 unspecified atom stereocenters. The molecule has 2 rings (SSSR count). The fourth-order valence-corrected chi connectivity index (χ4v) is 4.34. The Bertz CT molecular complexity index is 837. The van der Waals surface area contributed by atoms with Gasteiger partial charge >= 0.3 is 0 Å². The summed E-state index contributed by atoms with van der Waals surface area (Å²) in [5, 5.41) is 4.70. The van der Waals surface area contributed by atoms with Gasteiger partial charge in [0.25, 0.3) is 10.0 Å². The van der Waals surface area contributed by atoms with Crippen LogP contribution in [0, 0.1) is 5.92 Å². The number of rotatable bonds is 8. The summed E-state index contributed by atoms with van der Waals surface area (Å²) < 4.78 is 27.2. The van der Waals surface area contributed by atoms with Crippen molar-refractivity contribution in [2.45, 2.75) is 36.9 Å². The molecule has 1 atom stereocenters. The maximum atomic E-state index is 12.3. The van der Waals surface area contributed by atoms with Crippen LogP contribution in [0.25, 0.3) is 0 Å². The van der Waals surface area contributed by atoms with E-state index in [0.29, 0.717) is 12.2 Å². The summed E-state index contributed by atoms with van der Waals surface area (Å²) in [6, 6.07) is 10.0. The molecule has 0 aliphatic carbocycles. The second-order valence-corrected chi connectivity index (χ2v) is 9.59. The fraction of sp³-hybridized carbons (Fsp3) is 0.389. The predicted octanol–water partition coefficient (Wildman–Crippen LogP) is 3.00. The number of halogens is 1. The highest BCUT2D eigenvalue weighted by atomic mass is 35.5. The van der Waals surface area contributed by atoms with Gasteiger partial charge < -0.3 is 11.1 Å². The minimum absolute atomic E-state index is 0. The Morgan fingerprint density at radius 3 is 2.33 bits per heavy atom. The first-order chi connectivity index (χ1) is 12.2. The highest BCUT2D eigenvalue weighted by molar-refractivity contribution is 7.94. The largest absolute Gasteiger partial charge is 0.349 e. The van der Waals surface area contributed by atoms with E-state index >= 15 is 0 Å². The molecule has 1 heterocycles. The molecule has 150 valence electrons. The van der Waals surface area contributed by atoms with Crippen molar-refractivity contribution in [3.63, 3.8) is 0 Å². The van der Waals surface area contributed by atoms with Gasteiger partial charge in [-0.05, 0) is 42.0 Å². The van der Waals surface area contributed by atoms with Crippen molar-refractivity contribution in [3.05, 3.63) is 47.3 Å². The van der Waals surface area contributed by atoms with Crippen molar-refractivity contribution in [3.8, 4) is 0 Å². The molecule has 0 aliphatic heterocycles. The Hall–Kier alpha value is -1.61. The summed E-state index contributed by atoms with van der Waals surface area (Å²) in [5.74, 6) is 0.101. The number of benzene rings is 1. The number of amides is 1. The van der Waals surface area contributed by atoms with Crippen LogP contribution in [0.5, 0.6) is 0 Å². The van der Waals surface area contributed by atoms with Crippen molar-refractivity contribution in [1.29, 1.82) is 0 Å². The number of sulfonamides is 1. The molecule has 4 N–H and O–H groups in total. The zero-order valence-corrected chi connectivity index (χ0v) is 18.0. The van der Waals surface area contributed by atoms with E-state index in [4.69, 9.17) is 5.73 Å². The first-order valence-corrected chi connectivity index (χ1v) is 10.7. The fourth-order valence-electron chi connectivity index (χ4n) is 2.29. The summed E-state index contributed by atoms with van der Waals surface area (Å²) in [6.45, 7) is 6.32. The standard InChI is InChI=1S/C18H25N3O3S2.ClH/c1-13(2)18(3,12-19)20-16(22)11-14-6-8-15(9-7-14)21-26(23,24)17-5-4-10-25-17;/h4-10,13,21H,11-12,19H2,1-3H3,(H,20,22);1H. The molecule has 0 saturated carbocycles. The van der Waals surface area contributed by atoms with E-state index in [9.17, 15) is 13.2 Å². The first kappa shape index (κ1) is 23.4. The van der Waals surface area contributed by atoms with Gasteiger partial charge in [-0.1, -0.05) is 32.0 Å². The summed E-state index contributed by atoms with van der Waals surface area (Å²) in [7, 11) is -3.57. The highest BCUT2D eigenvalue weighted by Crippen LogP contribution is 2.21. The zero-order valence-electron chi connectivity index (χ0n) is 15.6. The van der Waals surface area contributed by atoms with E-state index in [0.717, 1.165) is 16.9 Å². The van der Waals surface area contributed by atoms with Crippen molar-refractivity contribution < 1.29 is 13.2 Å². The minimum Gasteiger partial charge on any atom is -0.349 e. The van der Waals surface area contributed by atoms with Crippen molar-refractivity contribution in [2.75, 3.05) is 11.3 Å². The van der Waals surface area contributed by atoms with Crippen LogP contribution in [-0.2, 0) is 21.2 Å². The summed E-state index contributed by atoms with van der Waals surface area (Å²) in [4.78, 5) is 12.3. The zero-order chi connectivity index (χ0) is 19.4. The SMILES string of the molecule is CC(C)C(C)(CN)NC(=O)Cc1ccc(NS(=O)(=O)c2cccs2)cc1.Cl. The second-order valence-electron chi connectivity index (χ2n) is 6.74. The molecular weight excluding hydrogens is 406 g/mol. The van der Waals surface area contributed by atoms with Gasteiger partial charge in [-0.2, -0.15) is 0 Å². The molecule has 1 amide bonds. The summed E-state index contributed by atoms with van der Waals surface area (Å²) >= 11 is 1.16. The lowest BCUT2D eigenvalue weighted by Crippen LogP contribution is -2.55. The molecule has 6 nitrogen and oxygen atoms in total. The molecule has 0 bridgehead atoms. The van der Waals surface area contributed by atoms with Crippen molar-refractivity contribution >= 4 is 45.4 Å². The molecule has 0 fully saturated rings. The van der Waals surface area contributed by atoms with Gasteiger partial charge in [-0.25, -0.2) is 8.42 Å². The van der Waals surface area contributed by atoms with E-state index in [1.807, 2.05) is 20.8 Å². The molecule has 9 heteroatoms. The number of carbonyl (C=O) groups excluding carboxylic acids is 1. The maximum Gasteiger partial charge on any atom is 0.271 e. The quantitative estimate of drug-likeness (QED) is 0.597. The van der Waals surface area contributed by atoms with E-state index in [1.165, 1.54) is 0 Å². The smallest absolute Gasteiger partial charge is 0.271 e. The van der Waals surface area contributed by atoms with E-state index < -0.39 is 15.6 Å². The van der Waals surface area contributed by atoms with Crippen molar-refractivity contribution in [2.24, 2.45) is 11.7 Å². The minimum atomic E-state index is -3.57. The van der Waals surface area contributed by atoms with Gasteiger partial charge in [0.2, 0.25) is 5.91 Å². The highest BCUT2D eigenvalue weighted by Gasteiger charge is 2.28. The molecule has 0 spiro atoms. The summed E-state index contributed by atoms with van der Waals surface area (Å²) in [5.41, 5.74) is 6.59. The van der Waals surface area contributed by atoms with Crippen molar-refractivity contribution in [1.82, 2.24) is 5.32 Å². The van der Waals surface area contributed by atoms with Crippen LogP contribution in [0.15, 0.2) is 46.0 Å². The average Bonchev–Trinajstić information content (AvgIpc) is 3.11. The van der Waals surface area contributed by atoms with Crippen LogP contribution in [0.4, 0.5) is 5.69 Å². The number of nitrogens with one attached hydrogen (secondary N) is 2. The maximum absolute atomic E-state index is 12.3. The van der Waals surface area contributed by atoms with Crippen LogP contribution in [0.3, 0.4) is 0 Å². The molecule has 2 aromatic rings. The number of carbonyl (C=O) groups is 1. The van der Waals surface area contributed by atoms with Gasteiger partial charge in [0.15, 0.2) is 0 Å². The molecule has 0 saturated heterocycles. The van der Waals surface area contributed by atoms with Gasteiger partial charge in [-0.3, -0.25) is 9.52 Å². The third-order valence-corrected chi connectivity index (χ3v) is 7.23. The Morgan fingerprint density at radius 1 is 1.22 bits per heavy atom. The Morgan fingerprint density at radius 2 is 1.85 bits per heavy atom. The predicted molar refractivity (Wildman–Crippen MR) is 113 cm³/mol. The number of hydrogen-bond acceptors (Lipinski definition) is 5. The molecule has 1 aromatic carbocycles. The second kappa shape index (κ2) is 9.54. The molecular formula is C18H26ClN3O3S2.